The lowest BCUT2D eigenvalue weighted by atomic mass is 9.97. The summed E-state index contributed by atoms with van der Waals surface area (Å²) >= 11 is 12.9. The standard InChI is InChI=1S/C17H23Cl2N5O/c1-8-4-10(6-11(8)17(25)21-3)24-7-22-14-13(18)12(5-9(2)20)15(19)23-16(14)24/h7-11H,4-6,20H2,1-3H3,(H,21,25)/t8?,9?,10?,11-/m0/s1. The SMILES string of the molecule is CNC(=O)[C@H]1CC(n2cnc3c(Cl)c(CC(C)N)c(Cl)nc32)CC1C. The Morgan fingerprint density at radius 3 is 2.84 bits per heavy atom. The fourth-order valence-electron chi connectivity index (χ4n) is 3.77. The minimum Gasteiger partial charge on any atom is -0.359 e. The molecular formula is C17H23Cl2N5O. The highest BCUT2D eigenvalue weighted by Gasteiger charge is 2.37. The normalized spacial score (nSPS) is 24.6. The summed E-state index contributed by atoms with van der Waals surface area (Å²) in [4.78, 5) is 21.0. The van der Waals surface area contributed by atoms with Gasteiger partial charge in [-0.25, -0.2) is 9.97 Å². The zero-order chi connectivity index (χ0) is 18.3. The molecule has 3 N–H and O–H groups in total. The molecule has 0 aromatic carbocycles. The molecule has 8 heteroatoms. The summed E-state index contributed by atoms with van der Waals surface area (Å²) in [6, 6.07) is 0.0848. The van der Waals surface area contributed by atoms with Crippen molar-refractivity contribution in [3.63, 3.8) is 0 Å². The van der Waals surface area contributed by atoms with Crippen molar-refractivity contribution in [3.05, 3.63) is 22.1 Å². The molecule has 0 saturated heterocycles. The Hall–Kier alpha value is -1.37. The van der Waals surface area contributed by atoms with Gasteiger partial charge in [0.15, 0.2) is 5.65 Å². The quantitative estimate of drug-likeness (QED) is 0.794. The maximum absolute atomic E-state index is 12.1. The van der Waals surface area contributed by atoms with Crippen molar-refractivity contribution >= 4 is 40.3 Å². The molecule has 136 valence electrons. The third-order valence-electron chi connectivity index (χ3n) is 5.05. The molecule has 1 saturated carbocycles. The van der Waals surface area contributed by atoms with Crippen molar-refractivity contribution in [2.75, 3.05) is 7.05 Å². The first-order valence-corrected chi connectivity index (χ1v) is 9.26. The first-order valence-electron chi connectivity index (χ1n) is 8.51. The number of amides is 1. The van der Waals surface area contributed by atoms with Gasteiger partial charge in [0, 0.05) is 30.6 Å². The van der Waals surface area contributed by atoms with Crippen LogP contribution in [0.1, 0.15) is 38.3 Å². The number of hydrogen-bond donors (Lipinski definition) is 2. The number of carbonyl (C=O) groups is 1. The molecule has 2 aromatic rings. The Morgan fingerprint density at radius 1 is 1.48 bits per heavy atom. The summed E-state index contributed by atoms with van der Waals surface area (Å²) in [6.45, 7) is 4.00. The maximum Gasteiger partial charge on any atom is 0.223 e. The molecule has 2 heterocycles. The Kier molecular flexibility index (Phi) is 5.23. The van der Waals surface area contributed by atoms with Gasteiger partial charge >= 0.3 is 0 Å². The van der Waals surface area contributed by atoms with Gasteiger partial charge in [0.1, 0.15) is 10.7 Å². The van der Waals surface area contributed by atoms with E-state index in [4.69, 9.17) is 28.9 Å². The number of hydrogen-bond acceptors (Lipinski definition) is 4. The number of nitrogens with one attached hydrogen (secondary N) is 1. The molecule has 6 nitrogen and oxygen atoms in total. The Morgan fingerprint density at radius 2 is 2.20 bits per heavy atom. The Bertz CT molecular complexity index is 804. The number of pyridine rings is 1. The van der Waals surface area contributed by atoms with Gasteiger partial charge in [0.05, 0.1) is 11.3 Å². The average molecular weight is 384 g/mol. The van der Waals surface area contributed by atoms with Gasteiger partial charge in [0.25, 0.3) is 0 Å². The second-order valence-corrected chi connectivity index (χ2v) is 7.76. The predicted octanol–water partition coefficient (Wildman–Crippen LogP) is 2.96. The van der Waals surface area contributed by atoms with E-state index in [1.54, 1.807) is 13.4 Å². The number of carbonyl (C=O) groups excluding carboxylic acids is 1. The second-order valence-electron chi connectivity index (χ2n) is 7.02. The smallest absolute Gasteiger partial charge is 0.223 e. The monoisotopic (exact) mass is 383 g/mol. The van der Waals surface area contributed by atoms with E-state index in [2.05, 4.69) is 22.2 Å². The number of nitrogens with two attached hydrogens (primary N) is 1. The van der Waals surface area contributed by atoms with Gasteiger partial charge < -0.3 is 15.6 Å². The number of rotatable bonds is 4. The Labute approximate surface area is 157 Å². The van der Waals surface area contributed by atoms with Crippen LogP contribution in [-0.2, 0) is 11.2 Å². The highest BCUT2D eigenvalue weighted by atomic mass is 35.5. The lowest BCUT2D eigenvalue weighted by molar-refractivity contribution is -0.125. The van der Waals surface area contributed by atoms with E-state index in [1.165, 1.54) is 0 Å². The molecule has 0 bridgehead atoms. The van der Waals surface area contributed by atoms with Crippen LogP contribution < -0.4 is 11.1 Å². The summed E-state index contributed by atoms with van der Waals surface area (Å²) in [6.07, 6.45) is 3.94. The molecule has 3 unspecified atom stereocenters. The zero-order valence-corrected chi connectivity index (χ0v) is 16.1. The first kappa shape index (κ1) is 18.4. The minimum absolute atomic E-state index is 0.00393. The van der Waals surface area contributed by atoms with Crippen molar-refractivity contribution in [2.45, 2.75) is 45.2 Å². The summed E-state index contributed by atoms with van der Waals surface area (Å²) in [7, 11) is 1.68. The maximum atomic E-state index is 12.1. The lowest BCUT2D eigenvalue weighted by Gasteiger charge is -2.14. The van der Waals surface area contributed by atoms with Gasteiger partial charge in [-0.1, -0.05) is 30.1 Å². The first-order chi connectivity index (χ1) is 11.8. The van der Waals surface area contributed by atoms with Gasteiger partial charge in [-0.2, -0.15) is 0 Å². The van der Waals surface area contributed by atoms with Crippen LogP contribution in [0.4, 0.5) is 0 Å². The number of aromatic nitrogens is 3. The third-order valence-corrected chi connectivity index (χ3v) is 5.77. The minimum atomic E-state index is -0.0691. The topological polar surface area (TPSA) is 85.8 Å². The summed E-state index contributed by atoms with van der Waals surface area (Å²) in [5.74, 6) is 0.379. The van der Waals surface area contributed by atoms with Crippen LogP contribution in [-0.4, -0.2) is 33.5 Å². The number of halogens is 2. The number of nitrogens with zero attached hydrogens (tertiary/aromatic N) is 3. The van der Waals surface area contributed by atoms with Crippen LogP contribution in [0.2, 0.25) is 10.2 Å². The zero-order valence-electron chi connectivity index (χ0n) is 14.6. The number of fused-ring (bicyclic) bond motifs is 1. The fourth-order valence-corrected chi connectivity index (χ4v) is 4.37. The molecule has 4 atom stereocenters. The molecule has 3 rings (SSSR count). The average Bonchev–Trinajstić information content (AvgIpc) is 3.14. The van der Waals surface area contributed by atoms with Crippen LogP contribution in [0, 0.1) is 11.8 Å². The Balaban J connectivity index is 1.98. The second kappa shape index (κ2) is 7.09. The molecule has 0 spiro atoms. The van der Waals surface area contributed by atoms with Gasteiger partial charge in [-0.15, -0.1) is 0 Å². The molecule has 1 fully saturated rings. The van der Waals surface area contributed by atoms with Crippen LogP contribution in [0.3, 0.4) is 0 Å². The van der Waals surface area contributed by atoms with Gasteiger partial charge in [0.2, 0.25) is 5.91 Å². The van der Waals surface area contributed by atoms with Crippen molar-refractivity contribution in [1.29, 1.82) is 0 Å². The van der Waals surface area contributed by atoms with Crippen LogP contribution in [0.5, 0.6) is 0 Å². The molecule has 1 amide bonds. The van der Waals surface area contributed by atoms with E-state index in [0.717, 1.165) is 18.4 Å². The van der Waals surface area contributed by atoms with E-state index in [0.29, 0.717) is 33.7 Å². The van der Waals surface area contributed by atoms with Crippen LogP contribution >= 0.6 is 23.2 Å². The third kappa shape index (κ3) is 3.35. The summed E-state index contributed by atoms with van der Waals surface area (Å²) in [5.41, 5.74) is 7.91. The molecule has 1 aliphatic carbocycles. The van der Waals surface area contributed by atoms with E-state index in [-0.39, 0.29) is 23.9 Å². The van der Waals surface area contributed by atoms with Crippen molar-refractivity contribution < 1.29 is 4.79 Å². The van der Waals surface area contributed by atoms with Crippen molar-refractivity contribution in [2.24, 2.45) is 17.6 Å². The highest BCUT2D eigenvalue weighted by molar-refractivity contribution is 6.38. The van der Waals surface area contributed by atoms with E-state index in [9.17, 15) is 4.79 Å². The molecule has 0 radical (unpaired) electrons. The van der Waals surface area contributed by atoms with Crippen molar-refractivity contribution in [1.82, 2.24) is 19.9 Å². The van der Waals surface area contributed by atoms with Crippen LogP contribution in [0.15, 0.2) is 6.33 Å². The predicted molar refractivity (Wildman–Crippen MR) is 99.9 cm³/mol. The van der Waals surface area contributed by atoms with Gasteiger partial charge in [-0.05, 0) is 32.1 Å². The highest BCUT2D eigenvalue weighted by Crippen LogP contribution is 2.41. The van der Waals surface area contributed by atoms with Crippen LogP contribution in [0.25, 0.3) is 11.2 Å². The summed E-state index contributed by atoms with van der Waals surface area (Å²) in [5, 5.41) is 3.63. The largest absolute Gasteiger partial charge is 0.359 e. The number of imidazole rings is 1. The molecule has 1 aliphatic rings. The van der Waals surface area contributed by atoms with E-state index < -0.39 is 0 Å². The summed E-state index contributed by atoms with van der Waals surface area (Å²) < 4.78 is 2.00. The molecular weight excluding hydrogens is 361 g/mol. The van der Waals surface area contributed by atoms with Gasteiger partial charge in [-0.3, -0.25) is 4.79 Å². The lowest BCUT2D eigenvalue weighted by Crippen LogP contribution is -2.28. The van der Waals surface area contributed by atoms with E-state index in [1.807, 2.05) is 11.5 Å². The van der Waals surface area contributed by atoms with Crippen molar-refractivity contribution in [3.8, 4) is 0 Å². The fraction of sp³-hybridized carbons (Fsp3) is 0.588. The molecule has 2 aromatic heterocycles. The molecule has 25 heavy (non-hydrogen) atoms. The van der Waals surface area contributed by atoms with E-state index >= 15 is 0 Å². The molecule has 0 aliphatic heterocycles.